The van der Waals surface area contributed by atoms with E-state index in [1.54, 1.807) is 18.3 Å². The second-order valence-electron chi connectivity index (χ2n) is 2.97. The monoisotopic (exact) mass is 228 g/mol. The molecule has 2 heterocycles. The molecule has 0 amide bonds. The van der Waals surface area contributed by atoms with Crippen molar-refractivity contribution < 1.29 is 4.42 Å². The molecule has 2 rings (SSSR count). The van der Waals surface area contributed by atoms with E-state index < -0.39 is 0 Å². The van der Waals surface area contributed by atoms with Crippen LogP contribution in [-0.2, 0) is 0 Å². The largest absolute Gasteiger partial charge is 0.418 e. The lowest BCUT2D eigenvalue weighted by Crippen LogP contribution is -1.81. The number of hydrogen-bond acceptors (Lipinski definition) is 4. The molecule has 0 N–H and O–H groups in total. The molecule has 0 aliphatic heterocycles. The third-order valence-corrected chi connectivity index (χ3v) is 2.91. The molecular weight excluding hydrogens is 220 g/mol. The van der Waals surface area contributed by atoms with Crippen LogP contribution in [0.2, 0.25) is 0 Å². The second-order valence-corrected chi connectivity index (χ2v) is 4.91. The third-order valence-electron chi connectivity index (χ3n) is 1.73. The number of hydrogen-bond donors (Lipinski definition) is 0. The molecule has 1 unspecified atom stereocenters. The number of aromatic nitrogens is 2. The molecule has 0 radical (unpaired) electrons. The van der Waals surface area contributed by atoms with Gasteiger partial charge in [-0.1, -0.05) is 0 Å². The minimum atomic E-state index is -0.239. The van der Waals surface area contributed by atoms with Crippen LogP contribution < -0.4 is 0 Å². The van der Waals surface area contributed by atoms with Crippen molar-refractivity contribution in [1.29, 1.82) is 0 Å². The lowest BCUT2D eigenvalue weighted by atomic mass is 10.4. The Bertz CT molecular complexity index is 435. The standard InChI is InChI=1S/C9H9ClN2OS/c1-5-3-4-7(14-5)9-12-11-8(13-9)6(2)10/h3-4,6H,1-2H3. The van der Waals surface area contributed by atoms with Crippen LogP contribution in [-0.4, -0.2) is 10.2 Å². The summed E-state index contributed by atoms with van der Waals surface area (Å²) < 4.78 is 5.40. The van der Waals surface area contributed by atoms with Gasteiger partial charge >= 0.3 is 0 Å². The molecule has 0 aliphatic rings. The maximum Gasteiger partial charge on any atom is 0.257 e. The molecule has 3 nitrogen and oxygen atoms in total. The summed E-state index contributed by atoms with van der Waals surface area (Å²) in [5, 5.41) is 7.55. The van der Waals surface area contributed by atoms with Crippen molar-refractivity contribution in [2.75, 3.05) is 0 Å². The number of rotatable bonds is 2. The van der Waals surface area contributed by atoms with E-state index in [4.69, 9.17) is 16.0 Å². The van der Waals surface area contributed by atoms with Crippen LogP contribution in [0.15, 0.2) is 16.5 Å². The number of thiophene rings is 1. The molecule has 74 valence electrons. The molecule has 0 saturated heterocycles. The molecule has 1 atom stereocenters. The molecule has 2 aromatic heterocycles. The lowest BCUT2D eigenvalue weighted by molar-refractivity contribution is 0.508. The molecule has 0 bridgehead atoms. The first-order chi connectivity index (χ1) is 6.66. The fourth-order valence-corrected chi connectivity index (χ4v) is 1.92. The van der Waals surface area contributed by atoms with Gasteiger partial charge in [0.1, 0.15) is 5.38 Å². The molecular formula is C9H9ClN2OS. The highest BCUT2D eigenvalue weighted by atomic mass is 35.5. The van der Waals surface area contributed by atoms with E-state index >= 15 is 0 Å². The van der Waals surface area contributed by atoms with Crippen molar-refractivity contribution in [3.05, 3.63) is 22.9 Å². The Morgan fingerprint density at radius 2 is 2.21 bits per heavy atom. The van der Waals surface area contributed by atoms with E-state index in [2.05, 4.69) is 10.2 Å². The number of halogens is 1. The molecule has 0 spiro atoms. The topological polar surface area (TPSA) is 38.9 Å². The average molecular weight is 229 g/mol. The van der Waals surface area contributed by atoms with Crippen LogP contribution in [0.1, 0.15) is 23.1 Å². The van der Waals surface area contributed by atoms with E-state index in [1.165, 1.54) is 4.88 Å². The summed E-state index contributed by atoms with van der Waals surface area (Å²) in [6.45, 7) is 3.84. The van der Waals surface area contributed by atoms with Crippen molar-refractivity contribution in [1.82, 2.24) is 10.2 Å². The van der Waals surface area contributed by atoms with Gasteiger partial charge in [-0.15, -0.1) is 33.1 Å². The van der Waals surface area contributed by atoms with Gasteiger partial charge in [-0.05, 0) is 26.0 Å². The normalized spacial score (nSPS) is 13.1. The Kier molecular flexibility index (Phi) is 2.56. The van der Waals surface area contributed by atoms with E-state index in [0.29, 0.717) is 11.8 Å². The van der Waals surface area contributed by atoms with Gasteiger partial charge in [0, 0.05) is 4.88 Å². The van der Waals surface area contributed by atoms with Gasteiger partial charge in [-0.25, -0.2) is 0 Å². The van der Waals surface area contributed by atoms with Crippen molar-refractivity contribution in [3.8, 4) is 10.8 Å². The van der Waals surface area contributed by atoms with Crippen LogP contribution in [0.3, 0.4) is 0 Å². The SMILES string of the molecule is Cc1ccc(-c2nnc(C(C)Cl)o2)s1. The van der Waals surface area contributed by atoms with Crippen molar-refractivity contribution in [2.24, 2.45) is 0 Å². The first kappa shape index (κ1) is 9.68. The van der Waals surface area contributed by atoms with E-state index in [1.807, 2.05) is 19.1 Å². The highest BCUT2D eigenvalue weighted by Gasteiger charge is 2.13. The number of nitrogens with zero attached hydrogens (tertiary/aromatic N) is 2. The minimum Gasteiger partial charge on any atom is -0.418 e. The molecule has 0 fully saturated rings. The van der Waals surface area contributed by atoms with Crippen LogP contribution in [0.5, 0.6) is 0 Å². The molecule has 0 aliphatic carbocycles. The fraction of sp³-hybridized carbons (Fsp3) is 0.333. The van der Waals surface area contributed by atoms with Gasteiger partial charge in [-0.2, -0.15) is 0 Å². The predicted molar refractivity (Wildman–Crippen MR) is 56.6 cm³/mol. The quantitative estimate of drug-likeness (QED) is 0.740. The predicted octanol–water partition coefficient (Wildman–Crippen LogP) is 3.41. The summed E-state index contributed by atoms with van der Waals surface area (Å²) in [5.41, 5.74) is 0. The molecule has 0 saturated carbocycles. The van der Waals surface area contributed by atoms with Crippen molar-refractivity contribution in [3.63, 3.8) is 0 Å². The lowest BCUT2D eigenvalue weighted by Gasteiger charge is -1.91. The Morgan fingerprint density at radius 1 is 1.43 bits per heavy atom. The summed E-state index contributed by atoms with van der Waals surface area (Å²) in [6.07, 6.45) is 0. The zero-order chi connectivity index (χ0) is 10.1. The number of alkyl halides is 1. The second kappa shape index (κ2) is 3.71. The van der Waals surface area contributed by atoms with Crippen LogP contribution in [0, 0.1) is 6.92 Å². The van der Waals surface area contributed by atoms with Gasteiger partial charge in [0.2, 0.25) is 5.89 Å². The zero-order valence-electron chi connectivity index (χ0n) is 7.82. The van der Waals surface area contributed by atoms with E-state index in [-0.39, 0.29) is 5.38 Å². The maximum absolute atomic E-state index is 5.82. The first-order valence-electron chi connectivity index (χ1n) is 4.21. The Balaban J connectivity index is 2.33. The van der Waals surface area contributed by atoms with Crippen LogP contribution in [0.25, 0.3) is 10.8 Å². The van der Waals surface area contributed by atoms with Crippen LogP contribution in [0.4, 0.5) is 0 Å². The fourth-order valence-electron chi connectivity index (χ4n) is 1.04. The summed E-state index contributed by atoms with van der Waals surface area (Å²) in [6, 6.07) is 3.99. The highest BCUT2D eigenvalue weighted by Crippen LogP contribution is 2.28. The van der Waals surface area contributed by atoms with E-state index in [9.17, 15) is 0 Å². The van der Waals surface area contributed by atoms with Crippen molar-refractivity contribution in [2.45, 2.75) is 19.2 Å². The Labute approximate surface area is 90.7 Å². The average Bonchev–Trinajstić information content (AvgIpc) is 2.70. The molecule has 5 heteroatoms. The Hall–Kier alpha value is -0.870. The summed E-state index contributed by atoms with van der Waals surface area (Å²) in [4.78, 5) is 2.21. The van der Waals surface area contributed by atoms with E-state index in [0.717, 1.165) is 4.88 Å². The van der Waals surface area contributed by atoms with Crippen LogP contribution >= 0.6 is 22.9 Å². The maximum atomic E-state index is 5.82. The highest BCUT2D eigenvalue weighted by molar-refractivity contribution is 7.15. The van der Waals surface area contributed by atoms with Gasteiger partial charge in [0.25, 0.3) is 5.89 Å². The third kappa shape index (κ3) is 1.81. The van der Waals surface area contributed by atoms with Gasteiger partial charge in [0.15, 0.2) is 0 Å². The smallest absolute Gasteiger partial charge is 0.257 e. The molecule has 0 aromatic carbocycles. The summed E-state index contributed by atoms with van der Waals surface area (Å²) in [7, 11) is 0. The van der Waals surface area contributed by atoms with Gasteiger partial charge < -0.3 is 4.42 Å². The number of aryl methyl sites for hydroxylation is 1. The molecule has 14 heavy (non-hydrogen) atoms. The first-order valence-corrected chi connectivity index (χ1v) is 5.46. The summed E-state index contributed by atoms with van der Waals surface area (Å²) in [5.74, 6) is 1.01. The Morgan fingerprint density at radius 3 is 2.71 bits per heavy atom. The van der Waals surface area contributed by atoms with Gasteiger partial charge in [-0.3, -0.25) is 0 Å². The minimum absolute atomic E-state index is 0.239. The molecule has 2 aromatic rings. The summed E-state index contributed by atoms with van der Waals surface area (Å²) >= 11 is 7.44. The van der Waals surface area contributed by atoms with Crippen molar-refractivity contribution >= 4 is 22.9 Å². The zero-order valence-corrected chi connectivity index (χ0v) is 9.39. The van der Waals surface area contributed by atoms with Gasteiger partial charge in [0.05, 0.1) is 4.88 Å².